The van der Waals surface area contributed by atoms with Crippen LogP contribution < -0.4 is 19.6 Å². The summed E-state index contributed by atoms with van der Waals surface area (Å²) < 4.78 is 15.1. The van der Waals surface area contributed by atoms with Crippen molar-refractivity contribution in [2.75, 3.05) is 13.7 Å². The van der Waals surface area contributed by atoms with Gasteiger partial charge in [-0.3, -0.25) is 9.36 Å². The zero-order chi connectivity index (χ0) is 27.6. The molecular formula is C29H30I2N2O4S. The Morgan fingerprint density at radius 2 is 1.82 bits per heavy atom. The number of hydrogen-bond donors (Lipinski definition) is 0. The molecule has 2 aromatic carbocycles. The molecule has 0 spiro atoms. The van der Waals surface area contributed by atoms with Gasteiger partial charge in [0.1, 0.15) is 5.75 Å². The fraction of sp³-hybridized carbons (Fsp3) is 0.345. The summed E-state index contributed by atoms with van der Waals surface area (Å²) >= 11 is 5.83. The molecule has 2 heterocycles. The fourth-order valence-electron chi connectivity index (χ4n) is 4.51. The first-order valence-corrected chi connectivity index (χ1v) is 15.5. The molecule has 200 valence electrons. The SMILES string of the molecule is CCCC1=C(C(=O)OCC)[C@@H](c2ccc(C(C)C)cc2)n2c(s/c(=C\c3cc(I)c(OC)c(I)c3)c2=O)=N1. The van der Waals surface area contributed by atoms with Gasteiger partial charge in [0.05, 0.1) is 42.7 Å². The van der Waals surface area contributed by atoms with Crippen molar-refractivity contribution < 1.29 is 14.3 Å². The molecule has 9 heteroatoms. The summed E-state index contributed by atoms with van der Waals surface area (Å²) in [7, 11) is 1.65. The Balaban J connectivity index is 1.97. The molecule has 3 aromatic rings. The second-order valence-electron chi connectivity index (χ2n) is 9.25. The summed E-state index contributed by atoms with van der Waals surface area (Å²) in [6, 6.07) is 11.5. The molecule has 0 amide bonds. The van der Waals surface area contributed by atoms with Gasteiger partial charge >= 0.3 is 5.97 Å². The van der Waals surface area contributed by atoms with E-state index in [9.17, 15) is 9.59 Å². The molecule has 0 saturated carbocycles. The number of esters is 1. The number of nitrogens with zero attached hydrogens (tertiary/aromatic N) is 2. The second-order valence-corrected chi connectivity index (χ2v) is 12.6. The van der Waals surface area contributed by atoms with Crippen molar-refractivity contribution in [1.29, 1.82) is 0 Å². The van der Waals surface area contributed by atoms with E-state index in [4.69, 9.17) is 14.5 Å². The Bertz CT molecular complexity index is 1550. The average Bonchev–Trinajstić information content (AvgIpc) is 3.17. The molecular weight excluding hydrogens is 726 g/mol. The molecule has 0 radical (unpaired) electrons. The lowest BCUT2D eigenvalue weighted by Crippen LogP contribution is -2.40. The third kappa shape index (κ3) is 5.79. The molecule has 0 aliphatic carbocycles. The lowest BCUT2D eigenvalue weighted by Gasteiger charge is -2.26. The highest BCUT2D eigenvalue weighted by atomic mass is 127. The summed E-state index contributed by atoms with van der Waals surface area (Å²) in [5.41, 5.74) is 3.91. The lowest BCUT2D eigenvalue weighted by atomic mass is 9.92. The van der Waals surface area contributed by atoms with Gasteiger partial charge in [-0.05, 0) is 99.3 Å². The van der Waals surface area contributed by atoms with Crippen molar-refractivity contribution in [3.8, 4) is 5.75 Å². The molecule has 4 rings (SSSR count). The highest BCUT2D eigenvalue weighted by molar-refractivity contribution is 14.1. The van der Waals surface area contributed by atoms with Gasteiger partial charge in [0.2, 0.25) is 0 Å². The van der Waals surface area contributed by atoms with E-state index < -0.39 is 12.0 Å². The summed E-state index contributed by atoms with van der Waals surface area (Å²) in [5.74, 6) is 0.765. The van der Waals surface area contributed by atoms with Gasteiger partial charge in [-0.25, -0.2) is 9.79 Å². The maximum atomic E-state index is 13.9. The monoisotopic (exact) mass is 756 g/mol. The topological polar surface area (TPSA) is 69.9 Å². The zero-order valence-corrected chi connectivity index (χ0v) is 27.1. The number of halogens is 2. The third-order valence-corrected chi connectivity index (χ3v) is 8.92. The number of hydrogen-bond acceptors (Lipinski definition) is 6. The van der Waals surface area contributed by atoms with Crippen molar-refractivity contribution in [2.24, 2.45) is 4.99 Å². The van der Waals surface area contributed by atoms with Gasteiger partial charge in [0.25, 0.3) is 5.56 Å². The number of aromatic nitrogens is 1. The molecule has 0 saturated heterocycles. The minimum atomic E-state index is -0.605. The van der Waals surface area contributed by atoms with Crippen molar-refractivity contribution in [3.05, 3.63) is 91.2 Å². The molecule has 0 bridgehead atoms. The van der Waals surface area contributed by atoms with Gasteiger partial charge in [0, 0.05) is 0 Å². The maximum Gasteiger partial charge on any atom is 0.338 e. The van der Waals surface area contributed by atoms with E-state index in [1.54, 1.807) is 18.6 Å². The second kappa shape index (κ2) is 12.5. The number of ether oxygens (including phenoxy) is 2. The highest BCUT2D eigenvalue weighted by Crippen LogP contribution is 2.33. The van der Waals surface area contributed by atoms with Gasteiger partial charge in [-0.1, -0.05) is 62.8 Å². The molecule has 1 aromatic heterocycles. The number of methoxy groups -OCH3 is 1. The number of rotatable bonds is 8. The van der Waals surface area contributed by atoms with E-state index >= 15 is 0 Å². The number of thiazole rings is 1. The van der Waals surface area contributed by atoms with E-state index in [1.807, 2.05) is 30.3 Å². The third-order valence-electron chi connectivity index (χ3n) is 6.33. The number of fused-ring (bicyclic) bond motifs is 1. The van der Waals surface area contributed by atoms with Crippen LogP contribution in [-0.2, 0) is 9.53 Å². The van der Waals surface area contributed by atoms with Crippen LogP contribution in [0.25, 0.3) is 6.08 Å². The van der Waals surface area contributed by atoms with Crippen molar-refractivity contribution >= 4 is 68.6 Å². The fourth-order valence-corrected chi connectivity index (χ4v) is 7.79. The molecule has 0 N–H and O–H groups in total. The summed E-state index contributed by atoms with van der Waals surface area (Å²) in [4.78, 5) is 32.7. The average molecular weight is 756 g/mol. The van der Waals surface area contributed by atoms with Crippen LogP contribution in [-0.4, -0.2) is 24.3 Å². The Morgan fingerprint density at radius 1 is 1.16 bits per heavy atom. The summed E-state index contributed by atoms with van der Waals surface area (Å²) in [6.45, 7) is 8.38. The minimum Gasteiger partial charge on any atom is -0.495 e. The quantitative estimate of drug-likeness (QED) is 0.212. The predicted molar refractivity (Wildman–Crippen MR) is 169 cm³/mol. The van der Waals surface area contributed by atoms with Gasteiger partial charge in [-0.15, -0.1) is 0 Å². The first-order valence-electron chi connectivity index (χ1n) is 12.5. The Hall–Kier alpha value is -1.99. The number of carbonyl (C=O) groups excluding carboxylic acids is 1. The first-order chi connectivity index (χ1) is 18.2. The smallest absolute Gasteiger partial charge is 0.338 e. The van der Waals surface area contributed by atoms with E-state index in [0.717, 1.165) is 30.4 Å². The minimum absolute atomic E-state index is 0.176. The zero-order valence-electron chi connectivity index (χ0n) is 22.0. The molecule has 1 atom stereocenters. The predicted octanol–water partition coefficient (Wildman–Crippen LogP) is 5.92. The van der Waals surface area contributed by atoms with Gasteiger partial charge < -0.3 is 9.47 Å². The van der Waals surface area contributed by atoms with Crippen LogP contribution in [0.5, 0.6) is 5.75 Å². The first kappa shape index (κ1) is 29.0. The van der Waals surface area contributed by atoms with Crippen LogP contribution in [0.3, 0.4) is 0 Å². The van der Waals surface area contributed by atoms with Crippen molar-refractivity contribution in [3.63, 3.8) is 0 Å². The van der Waals surface area contributed by atoms with Crippen LogP contribution in [0.2, 0.25) is 0 Å². The summed E-state index contributed by atoms with van der Waals surface area (Å²) in [6.07, 6.45) is 3.33. The van der Waals surface area contributed by atoms with E-state index in [2.05, 4.69) is 78.1 Å². The molecule has 1 aliphatic rings. The van der Waals surface area contributed by atoms with Crippen LogP contribution in [0, 0.1) is 7.14 Å². The molecule has 6 nitrogen and oxygen atoms in total. The summed E-state index contributed by atoms with van der Waals surface area (Å²) in [5, 5.41) is 0. The van der Waals surface area contributed by atoms with Gasteiger partial charge in [0.15, 0.2) is 4.80 Å². The van der Waals surface area contributed by atoms with Crippen LogP contribution >= 0.6 is 56.5 Å². The number of carbonyl (C=O) groups is 1. The molecule has 1 aliphatic heterocycles. The number of benzene rings is 2. The van der Waals surface area contributed by atoms with Crippen LogP contribution in [0.15, 0.2) is 57.5 Å². The Labute approximate surface area is 253 Å². The van der Waals surface area contributed by atoms with Crippen molar-refractivity contribution in [2.45, 2.75) is 52.5 Å². The van der Waals surface area contributed by atoms with E-state index in [-0.39, 0.29) is 12.2 Å². The van der Waals surface area contributed by atoms with E-state index in [1.165, 1.54) is 16.9 Å². The Kier molecular flexibility index (Phi) is 9.51. The normalized spacial score (nSPS) is 15.5. The van der Waals surface area contributed by atoms with Crippen LogP contribution in [0.1, 0.15) is 69.2 Å². The van der Waals surface area contributed by atoms with Crippen LogP contribution in [0.4, 0.5) is 0 Å². The molecule has 0 fully saturated rings. The molecule has 38 heavy (non-hydrogen) atoms. The van der Waals surface area contributed by atoms with Gasteiger partial charge in [-0.2, -0.15) is 0 Å². The highest BCUT2D eigenvalue weighted by Gasteiger charge is 2.34. The molecule has 0 unspecified atom stereocenters. The Morgan fingerprint density at radius 3 is 2.37 bits per heavy atom. The van der Waals surface area contributed by atoms with E-state index in [0.29, 0.717) is 32.9 Å². The largest absolute Gasteiger partial charge is 0.495 e. The maximum absolute atomic E-state index is 13.9. The number of allylic oxidation sites excluding steroid dienone is 1. The van der Waals surface area contributed by atoms with Crippen molar-refractivity contribution in [1.82, 2.24) is 4.57 Å². The standard InChI is InChI=1S/C29H30I2N2O4S/c1-6-8-22-24(28(35)37-7-2)25(19-11-9-18(10-12-19)16(3)4)33-27(34)23(38-29(33)32-22)15-17-13-20(30)26(36-5)21(31)14-17/h9-16,25H,6-8H2,1-5H3/b23-15-/t25-/m1/s1. The lowest BCUT2D eigenvalue weighted by molar-refractivity contribution is -0.139.